The molecule has 0 aromatic heterocycles. The van der Waals surface area contributed by atoms with Crippen molar-refractivity contribution in [1.29, 1.82) is 0 Å². The van der Waals surface area contributed by atoms with Gasteiger partial charge in [-0.15, -0.1) is 0 Å². The summed E-state index contributed by atoms with van der Waals surface area (Å²) in [6, 6.07) is 21.4. The predicted octanol–water partition coefficient (Wildman–Crippen LogP) is 4.72. The number of hydrogen-bond donors (Lipinski definition) is 1. The van der Waals surface area contributed by atoms with Gasteiger partial charge in [0.15, 0.2) is 6.10 Å². The first kappa shape index (κ1) is 20.2. The number of ether oxygens (including phenoxy) is 2. The van der Waals surface area contributed by atoms with Gasteiger partial charge in [-0.1, -0.05) is 36.4 Å². The number of nitrogens with one attached hydrogen (secondary N) is 1. The van der Waals surface area contributed by atoms with Crippen molar-refractivity contribution in [3.8, 4) is 11.5 Å². The number of likely N-dealkylation sites (tertiary alicyclic amines) is 1. The van der Waals surface area contributed by atoms with E-state index in [2.05, 4.69) is 17.3 Å². The summed E-state index contributed by atoms with van der Waals surface area (Å²) < 4.78 is 12.0. The van der Waals surface area contributed by atoms with Crippen molar-refractivity contribution >= 4 is 22.4 Å². The van der Waals surface area contributed by atoms with Gasteiger partial charge in [0.2, 0.25) is 0 Å². The van der Waals surface area contributed by atoms with Gasteiger partial charge in [-0.3, -0.25) is 4.79 Å². The highest BCUT2D eigenvalue weighted by atomic mass is 16.5. The maximum absolute atomic E-state index is 12.6. The molecule has 1 amide bonds. The van der Waals surface area contributed by atoms with E-state index in [1.807, 2.05) is 66.7 Å². The van der Waals surface area contributed by atoms with E-state index in [1.165, 1.54) is 0 Å². The molecular weight excluding hydrogens is 376 g/mol. The highest BCUT2D eigenvalue weighted by molar-refractivity contribution is 5.95. The second kappa shape index (κ2) is 9.18. The van der Waals surface area contributed by atoms with Crippen LogP contribution >= 0.6 is 0 Å². The Morgan fingerprint density at radius 2 is 1.70 bits per heavy atom. The van der Waals surface area contributed by atoms with Crippen LogP contribution in [0.25, 0.3) is 10.8 Å². The third kappa shape index (κ3) is 4.92. The molecule has 156 valence electrons. The summed E-state index contributed by atoms with van der Waals surface area (Å²) in [4.78, 5) is 14.9. The Bertz CT molecular complexity index is 989. The first-order valence-electron chi connectivity index (χ1n) is 10.5. The number of anilines is 1. The first-order chi connectivity index (χ1) is 14.6. The molecule has 5 nitrogen and oxygen atoms in total. The number of nitrogens with zero attached hydrogens (tertiary/aromatic N) is 1. The third-order valence-corrected chi connectivity index (χ3v) is 5.51. The molecule has 0 spiro atoms. The zero-order valence-electron chi connectivity index (χ0n) is 17.5. The van der Waals surface area contributed by atoms with Crippen LogP contribution < -0.4 is 14.8 Å². The molecule has 3 aromatic rings. The van der Waals surface area contributed by atoms with Crippen LogP contribution in [0.2, 0.25) is 0 Å². The minimum atomic E-state index is -0.619. The summed E-state index contributed by atoms with van der Waals surface area (Å²) >= 11 is 0. The molecular formula is C25H28N2O3. The average Bonchev–Trinajstić information content (AvgIpc) is 2.77. The van der Waals surface area contributed by atoms with Crippen LogP contribution in [0.3, 0.4) is 0 Å². The number of amides is 1. The van der Waals surface area contributed by atoms with E-state index < -0.39 is 6.10 Å². The molecule has 0 radical (unpaired) electrons. The third-order valence-electron chi connectivity index (χ3n) is 5.51. The van der Waals surface area contributed by atoms with Crippen LogP contribution in [0.5, 0.6) is 11.5 Å². The zero-order valence-corrected chi connectivity index (χ0v) is 17.5. The molecule has 4 rings (SSSR count). The minimum Gasteiger partial charge on any atom is -0.490 e. The summed E-state index contributed by atoms with van der Waals surface area (Å²) in [5.74, 6) is 1.35. The fourth-order valence-corrected chi connectivity index (χ4v) is 3.70. The van der Waals surface area contributed by atoms with E-state index in [0.29, 0.717) is 5.75 Å². The van der Waals surface area contributed by atoms with Crippen molar-refractivity contribution in [2.24, 2.45) is 0 Å². The van der Waals surface area contributed by atoms with Crippen LogP contribution in [0, 0.1) is 0 Å². The summed E-state index contributed by atoms with van der Waals surface area (Å²) in [6.07, 6.45) is 1.72. The van der Waals surface area contributed by atoms with Gasteiger partial charge in [0.1, 0.15) is 17.6 Å². The van der Waals surface area contributed by atoms with Gasteiger partial charge in [0, 0.05) is 24.2 Å². The van der Waals surface area contributed by atoms with Crippen molar-refractivity contribution < 1.29 is 14.3 Å². The maximum atomic E-state index is 12.6. The van der Waals surface area contributed by atoms with Crippen molar-refractivity contribution in [2.45, 2.75) is 32.0 Å². The molecule has 1 atom stereocenters. The van der Waals surface area contributed by atoms with Gasteiger partial charge in [0.25, 0.3) is 5.91 Å². The average molecular weight is 405 g/mol. The lowest BCUT2D eigenvalue weighted by Crippen LogP contribution is -2.35. The lowest BCUT2D eigenvalue weighted by atomic mass is 10.1. The van der Waals surface area contributed by atoms with Crippen LogP contribution in [0.15, 0.2) is 66.7 Å². The molecule has 0 aliphatic carbocycles. The molecule has 0 bridgehead atoms. The van der Waals surface area contributed by atoms with E-state index >= 15 is 0 Å². The standard InChI is InChI=1S/C25H28N2O3/c1-18(29-24-9-5-7-19-6-3-4-8-23(19)24)25(28)26-20-10-12-21(13-11-20)30-22-14-16-27(2)17-15-22/h3-13,18,22H,14-17H2,1-2H3,(H,26,28). The second-order valence-electron chi connectivity index (χ2n) is 7.87. The van der Waals surface area contributed by atoms with Gasteiger partial charge in [-0.05, 0) is 62.5 Å². The van der Waals surface area contributed by atoms with Crippen molar-refractivity contribution in [1.82, 2.24) is 4.90 Å². The number of benzene rings is 3. The van der Waals surface area contributed by atoms with Crippen LogP contribution in [0.4, 0.5) is 5.69 Å². The highest BCUT2D eigenvalue weighted by Crippen LogP contribution is 2.26. The van der Waals surface area contributed by atoms with Gasteiger partial charge < -0.3 is 19.7 Å². The SMILES string of the molecule is CC(Oc1cccc2ccccc12)C(=O)Nc1ccc(OC2CCN(C)CC2)cc1. The molecule has 1 saturated heterocycles. The van der Waals surface area contributed by atoms with Gasteiger partial charge in [0.05, 0.1) is 0 Å². The topological polar surface area (TPSA) is 50.8 Å². The molecule has 3 aromatic carbocycles. The van der Waals surface area contributed by atoms with Crippen LogP contribution in [0.1, 0.15) is 19.8 Å². The summed E-state index contributed by atoms with van der Waals surface area (Å²) in [7, 11) is 2.14. The molecule has 1 aliphatic rings. The van der Waals surface area contributed by atoms with Crippen molar-refractivity contribution in [2.75, 3.05) is 25.5 Å². The number of fused-ring (bicyclic) bond motifs is 1. The van der Waals surface area contributed by atoms with E-state index in [0.717, 1.165) is 48.1 Å². The van der Waals surface area contributed by atoms with Crippen molar-refractivity contribution in [3.63, 3.8) is 0 Å². The Balaban J connectivity index is 1.34. The lowest BCUT2D eigenvalue weighted by Gasteiger charge is -2.29. The molecule has 1 heterocycles. The van der Waals surface area contributed by atoms with Gasteiger partial charge in [-0.25, -0.2) is 0 Å². The molecule has 30 heavy (non-hydrogen) atoms. The molecule has 1 unspecified atom stereocenters. The number of rotatable bonds is 6. The second-order valence-corrected chi connectivity index (χ2v) is 7.87. The lowest BCUT2D eigenvalue weighted by molar-refractivity contribution is -0.122. The molecule has 1 N–H and O–H groups in total. The Hall–Kier alpha value is -3.05. The highest BCUT2D eigenvalue weighted by Gasteiger charge is 2.19. The van der Waals surface area contributed by atoms with Crippen LogP contribution in [-0.4, -0.2) is 43.2 Å². The normalized spacial score (nSPS) is 16.2. The summed E-state index contributed by atoms with van der Waals surface area (Å²) in [6.45, 7) is 3.88. The van der Waals surface area contributed by atoms with Crippen LogP contribution in [-0.2, 0) is 4.79 Å². The molecule has 1 fully saturated rings. The number of piperidine rings is 1. The zero-order chi connectivity index (χ0) is 20.9. The van der Waals surface area contributed by atoms with E-state index in [4.69, 9.17) is 9.47 Å². The molecule has 0 saturated carbocycles. The largest absolute Gasteiger partial charge is 0.490 e. The Morgan fingerprint density at radius 1 is 1.00 bits per heavy atom. The number of carbonyl (C=O) groups is 1. The number of carbonyl (C=O) groups excluding carboxylic acids is 1. The monoisotopic (exact) mass is 404 g/mol. The van der Waals surface area contributed by atoms with Crippen molar-refractivity contribution in [3.05, 3.63) is 66.7 Å². The summed E-state index contributed by atoms with van der Waals surface area (Å²) in [5.41, 5.74) is 0.726. The van der Waals surface area contributed by atoms with E-state index in [1.54, 1.807) is 6.92 Å². The minimum absolute atomic E-state index is 0.188. The Kier molecular flexibility index (Phi) is 6.19. The Morgan fingerprint density at radius 3 is 2.47 bits per heavy atom. The fraction of sp³-hybridized carbons (Fsp3) is 0.320. The first-order valence-corrected chi connectivity index (χ1v) is 10.5. The number of hydrogen-bond acceptors (Lipinski definition) is 4. The smallest absolute Gasteiger partial charge is 0.265 e. The van der Waals surface area contributed by atoms with Gasteiger partial charge in [-0.2, -0.15) is 0 Å². The van der Waals surface area contributed by atoms with E-state index in [-0.39, 0.29) is 12.0 Å². The molecule has 1 aliphatic heterocycles. The predicted molar refractivity (Wildman–Crippen MR) is 120 cm³/mol. The van der Waals surface area contributed by atoms with Gasteiger partial charge >= 0.3 is 0 Å². The quantitative estimate of drug-likeness (QED) is 0.646. The summed E-state index contributed by atoms with van der Waals surface area (Å²) in [5, 5.41) is 5.00. The maximum Gasteiger partial charge on any atom is 0.265 e. The van der Waals surface area contributed by atoms with E-state index in [9.17, 15) is 4.79 Å². The fourth-order valence-electron chi connectivity index (χ4n) is 3.70. The molecule has 5 heteroatoms. The Labute approximate surface area is 177 Å².